The van der Waals surface area contributed by atoms with Gasteiger partial charge in [0.25, 0.3) is 0 Å². The minimum atomic E-state index is -3.30. The van der Waals surface area contributed by atoms with Gasteiger partial charge in [0, 0.05) is 42.3 Å². The molecule has 0 saturated carbocycles. The summed E-state index contributed by atoms with van der Waals surface area (Å²) in [6.07, 6.45) is 4.97. The van der Waals surface area contributed by atoms with Gasteiger partial charge in [-0.1, -0.05) is 30.3 Å². The van der Waals surface area contributed by atoms with Gasteiger partial charge in [0.2, 0.25) is 15.9 Å². The molecule has 4 rings (SSSR count). The van der Waals surface area contributed by atoms with Gasteiger partial charge in [-0.3, -0.25) is 4.79 Å². The van der Waals surface area contributed by atoms with E-state index in [9.17, 15) is 13.2 Å². The SMILES string of the molecule is CCS(=O)(=O)N1CCCC(C(=O)N/N=C/c2cn(Cc3cccc(OC)c3)c3ccccc23)C1. The van der Waals surface area contributed by atoms with Gasteiger partial charge in [-0.05, 0) is 43.5 Å². The van der Waals surface area contributed by atoms with Gasteiger partial charge in [-0.2, -0.15) is 5.10 Å². The number of benzene rings is 2. The molecule has 1 aliphatic heterocycles. The Bertz CT molecular complexity index is 1300. The smallest absolute Gasteiger partial charge is 0.244 e. The van der Waals surface area contributed by atoms with Crippen molar-refractivity contribution in [2.75, 3.05) is 26.0 Å². The molecule has 1 aliphatic rings. The molecule has 0 spiro atoms. The summed E-state index contributed by atoms with van der Waals surface area (Å²) in [5.41, 5.74) is 5.67. The summed E-state index contributed by atoms with van der Waals surface area (Å²) in [6, 6.07) is 16.0. The summed E-state index contributed by atoms with van der Waals surface area (Å²) in [5, 5.41) is 5.23. The number of nitrogens with one attached hydrogen (secondary N) is 1. The number of sulfonamides is 1. The lowest BCUT2D eigenvalue weighted by atomic mass is 9.99. The maximum atomic E-state index is 12.7. The first-order valence-electron chi connectivity index (χ1n) is 11.4. The summed E-state index contributed by atoms with van der Waals surface area (Å²) in [5.74, 6) is 0.194. The Morgan fingerprint density at radius 2 is 2.06 bits per heavy atom. The Morgan fingerprint density at radius 3 is 2.85 bits per heavy atom. The van der Waals surface area contributed by atoms with Crippen LogP contribution in [0.4, 0.5) is 0 Å². The van der Waals surface area contributed by atoms with Crippen LogP contribution < -0.4 is 10.2 Å². The van der Waals surface area contributed by atoms with E-state index in [0.29, 0.717) is 25.9 Å². The quantitative estimate of drug-likeness (QED) is 0.394. The number of hydrazone groups is 1. The van der Waals surface area contributed by atoms with Crippen LogP contribution >= 0.6 is 0 Å². The Hall–Kier alpha value is -3.17. The predicted molar refractivity (Wildman–Crippen MR) is 134 cm³/mol. The lowest BCUT2D eigenvalue weighted by Crippen LogP contribution is -2.45. The molecule has 9 heteroatoms. The van der Waals surface area contributed by atoms with Gasteiger partial charge < -0.3 is 9.30 Å². The molecule has 34 heavy (non-hydrogen) atoms. The van der Waals surface area contributed by atoms with Crippen LogP contribution in [0.1, 0.15) is 30.9 Å². The molecule has 3 aromatic rings. The number of hydrogen-bond donors (Lipinski definition) is 1. The van der Waals surface area contributed by atoms with E-state index in [0.717, 1.165) is 27.8 Å². The predicted octanol–water partition coefficient (Wildman–Crippen LogP) is 3.21. The fourth-order valence-corrected chi connectivity index (χ4v) is 5.50. The minimum absolute atomic E-state index is 0.0410. The summed E-state index contributed by atoms with van der Waals surface area (Å²) < 4.78 is 33.2. The molecule has 1 fully saturated rings. The number of nitrogens with zero attached hydrogens (tertiary/aromatic N) is 3. The molecule has 0 aliphatic carbocycles. The van der Waals surface area contributed by atoms with Crippen LogP contribution in [-0.4, -0.2) is 55.4 Å². The summed E-state index contributed by atoms with van der Waals surface area (Å²) in [6.45, 7) is 2.96. The fraction of sp³-hybridized carbons (Fsp3) is 0.360. The monoisotopic (exact) mass is 482 g/mol. The second-order valence-electron chi connectivity index (χ2n) is 8.41. The fourth-order valence-electron chi connectivity index (χ4n) is 4.32. The van der Waals surface area contributed by atoms with E-state index in [1.54, 1.807) is 20.2 Å². The van der Waals surface area contributed by atoms with Gasteiger partial charge >= 0.3 is 0 Å². The maximum absolute atomic E-state index is 12.7. The molecule has 1 aromatic heterocycles. The Kier molecular flexibility index (Phi) is 7.33. The zero-order valence-corrected chi connectivity index (χ0v) is 20.3. The van der Waals surface area contributed by atoms with Crippen LogP contribution in [0.2, 0.25) is 0 Å². The van der Waals surface area contributed by atoms with Crippen molar-refractivity contribution in [2.45, 2.75) is 26.3 Å². The zero-order valence-electron chi connectivity index (χ0n) is 19.5. The number of fused-ring (bicyclic) bond motifs is 1. The molecule has 0 bridgehead atoms. The standard InChI is InChI=1S/C25H30N4O4S/c1-3-34(31,32)29-13-7-9-20(18-29)25(30)27-26-15-21-17-28(24-12-5-4-11-23(21)24)16-19-8-6-10-22(14-19)33-2/h4-6,8,10-12,14-15,17,20H,3,7,9,13,16,18H2,1-2H3,(H,27,30)/b26-15+. The lowest BCUT2D eigenvalue weighted by Gasteiger charge is -2.30. The number of amides is 1. The van der Waals surface area contributed by atoms with Crippen molar-refractivity contribution in [2.24, 2.45) is 11.0 Å². The number of piperidine rings is 1. The summed E-state index contributed by atoms with van der Waals surface area (Å²) in [4.78, 5) is 12.7. The van der Waals surface area contributed by atoms with Crippen molar-refractivity contribution in [3.63, 3.8) is 0 Å². The van der Waals surface area contributed by atoms with E-state index in [1.807, 2.05) is 42.6 Å². The number of para-hydroxylation sites is 1. The number of methoxy groups -OCH3 is 1. The van der Waals surface area contributed by atoms with Crippen LogP contribution in [0.3, 0.4) is 0 Å². The van der Waals surface area contributed by atoms with Crippen LogP contribution in [0, 0.1) is 5.92 Å². The van der Waals surface area contributed by atoms with E-state index in [-0.39, 0.29) is 18.2 Å². The van der Waals surface area contributed by atoms with Crippen LogP contribution in [0.25, 0.3) is 10.9 Å². The molecular formula is C25H30N4O4S. The molecule has 1 amide bonds. The van der Waals surface area contributed by atoms with Crippen LogP contribution in [0.15, 0.2) is 59.8 Å². The van der Waals surface area contributed by atoms with Crippen molar-refractivity contribution < 1.29 is 17.9 Å². The van der Waals surface area contributed by atoms with Crippen LogP contribution in [0.5, 0.6) is 5.75 Å². The number of aromatic nitrogens is 1. The Morgan fingerprint density at radius 1 is 1.24 bits per heavy atom. The molecule has 1 unspecified atom stereocenters. The highest BCUT2D eigenvalue weighted by atomic mass is 32.2. The highest BCUT2D eigenvalue weighted by Crippen LogP contribution is 2.23. The van der Waals surface area contributed by atoms with Crippen molar-refractivity contribution in [1.29, 1.82) is 0 Å². The summed E-state index contributed by atoms with van der Waals surface area (Å²) in [7, 11) is -1.65. The van der Waals surface area contributed by atoms with Crippen molar-refractivity contribution >= 4 is 33.0 Å². The molecular weight excluding hydrogens is 452 g/mol. The minimum Gasteiger partial charge on any atom is -0.497 e. The zero-order chi connectivity index (χ0) is 24.1. The third-order valence-electron chi connectivity index (χ3n) is 6.20. The second kappa shape index (κ2) is 10.4. The second-order valence-corrected chi connectivity index (χ2v) is 10.7. The molecule has 2 aromatic carbocycles. The maximum Gasteiger partial charge on any atom is 0.244 e. The van der Waals surface area contributed by atoms with E-state index in [2.05, 4.69) is 27.2 Å². The number of hydrogen-bond acceptors (Lipinski definition) is 5. The van der Waals surface area contributed by atoms with Gasteiger partial charge in [0.1, 0.15) is 5.75 Å². The molecule has 1 atom stereocenters. The van der Waals surface area contributed by atoms with E-state index < -0.39 is 15.9 Å². The Balaban J connectivity index is 1.48. The third-order valence-corrected chi connectivity index (χ3v) is 8.05. The van der Waals surface area contributed by atoms with Gasteiger partial charge in [-0.15, -0.1) is 0 Å². The topological polar surface area (TPSA) is 93.0 Å². The van der Waals surface area contributed by atoms with Crippen molar-refractivity contribution in [3.8, 4) is 5.75 Å². The normalized spacial score (nSPS) is 17.3. The Labute approximate surface area is 200 Å². The van der Waals surface area contributed by atoms with E-state index in [4.69, 9.17) is 4.74 Å². The van der Waals surface area contributed by atoms with E-state index in [1.165, 1.54) is 4.31 Å². The molecule has 0 radical (unpaired) electrons. The highest BCUT2D eigenvalue weighted by molar-refractivity contribution is 7.89. The number of carbonyl (C=O) groups excluding carboxylic acids is 1. The molecule has 2 heterocycles. The first-order valence-corrected chi connectivity index (χ1v) is 13.0. The number of carbonyl (C=O) groups is 1. The number of rotatable bonds is 8. The molecule has 8 nitrogen and oxygen atoms in total. The number of ether oxygens (including phenoxy) is 1. The van der Waals surface area contributed by atoms with Crippen LogP contribution in [-0.2, 0) is 21.4 Å². The largest absolute Gasteiger partial charge is 0.497 e. The molecule has 1 N–H and O–H groups in total. The summed E-state index contributed by atoms with van der Waals surface area (Å²) >= 11 is 0. The van der Waals surface area contributed by atoms with Gasteiger partial charge in [-0.25, -0.2) is 18.1 Å². The molecule has 1 saturated heterocycles. The highest BCUT2D eigenvalue weighted by Gasteiger charge is 2.31. The average Bonchev–Trinajstić information content (AvgIpc) is 3.21. The van der Waals surface area contributed by atoms with Gasteiger partial charge in [0.05, 0.1) is 25.0 Å². The van der Waals surface area contributed by atoms with E-state index >= 15 is 0 Å². The lowest BCUT2D eigenvalue weighted by molar-refractivity contribution is -0.126. The molecule has 180 valence electrons. The van der Waals surface area contributed by atoms with Gasteiger partial charge in [0.15, 0.2) is 0 Å². The third kappa shape index (κ3) is 5.31. The average molecular weight is 483 g/mol. The first kappa shape index (κ1) is 24.0. The van der Waals surface area contributed by atoms with Crippen molar-refractivity contribution in [1.82, 2.24) is 14.3 Å². The van der Waals surface area contributed by atoms with Crippen molar-refractivity contribution in [3.05, 3.63) is 65.9 Å². The first-order chi connectivity index (χ1) is 16.4.